The first-order chi connectivity index (χ1) is 13.2. The molecule has 3 aromatic rings. The zero-order chi connectivity index (χ0) is 18.8. The maximum Gasteiger partial charge on any atom is 0.171 e. The fourth-order valence-corrected chi connectivity index (χ4v) is 4.04. The molecule has 0 spiro atoms. The van der Waals surface area contributed by atoms with Crippen LogP contribution in [0.25, 0.3) is 26.5 Å². The zero-order valence-electron chi connectivity index (χ0n) is 14.6. The van der Waals surface area contributed by atoms with E-state index >= 15 is 0 Å². The quantitative estimate of drug-likeness (QED) is 0.672. The molecule has 0 saturated carbocycles. The molecule has 6 nitrogen and oxygen atoms in total. The van der Waals surface area contributed by atoms with Gasteiger partial charge in [-0.2, -0.15) is 0 Å². The van der Waals surface area contributed by atoms with Crippen molar-refractivity contribution in [3.8, 4) is 10.6 Å². The number of nitrogens with zero attached hydrogens (tertiary/aromatic N) is 4. The number of pyridine rings is 2. The van der Waals surface area contributed by atoms with Gasteiger partial charge in [0.2, 0.25) is 0 Å². The van der Waals surface area contributed by atoms with Gasteiger partial charge in [-0.15, -0.1) is 11.3 Å². The Bertz CT molecular complexity index is 997. The number of nitrogens with one attached hydrogen (secondary N) is 1. The molecule has 0 bridgehead atoms. The van der Waals surface area contributed by atoms with Crippen LogP contribution in [0.15, 0.2) is 36.7 Å². The van der Waals surface area contributed by atoms with E-state index in [1.807, 2.05) is 29.2 Å². The van der Waals surface area contributed by atoms with E-state index < -0.39 is 6.17 Å². The number of anilines is 1. The van der Waals surface area contributed by atoms with Crippen LogP contribution in [0.3, 0.4) is 0 Å². The summed E-state index contributed by atoms with van der Waals surface area (Å²) in [5.41, 5.74) is 8.22. The fourth-order valence-electron chi connectivity index (χ4n) is 3.14. The Morgan fingerprint density at radius 1 is 1.30 bits per heavy atom. The summed E-state index contributed by atoms with van der Waals surface area (Å²) in [6, 6.07) is 7.65. The van der Waals surface area contributed by atoms with Crippen molar-refractivity contribution in [3.05, 3.63) is 42.4 Å². The number of alkyl halides is 1. The predicted molar refractivity (Wildman–Crippen MR) is 108 cm³/mol. The van der Waals surface area contributed by atoms with Crippen LogP contribution in [-0.4, -0.2) is 40.4 Å². The molecule has 138 valence electrons. The standard InChI is InChI=1S/C19H19FN6S/c20-14-2-1-7-26(11-14)17-6-3-12(10-23-17)19-25-18-16(27-19)5-4-15(24-18)13(8-21)9-22/h3-6,8-10,14,21H,1-2,7,11,22H2. The molecular weight excluding hydrogens is 363 g/mol. The van der Waals surface area contributed by atoms with Crippen molar-refractivity contribution < 1.29 is 4.39 Å². The third kappa shape index (κ3) is 3.52. The molecule has 0 amide bonds. The summed E-state index contributed by atoms with van der Waals surface area (Å²) in [5, 5.41) is 8.22. The van der Waals surface area contributed by atoms with E-state index in [1.54, 1.807) is 6.20 Å². The molecule has 4 rings (SSSR count). The maximum atomic E-state index is 13.6. The zero-order valence-corrected chi connectivity index (χ0v) is 15.4. The first-order valence-electron chi connectivity index (χ1n) is 8.73. The molecule has 3 aromatic heterocycles. The lowest BCUT2D eigenvalue weighted by Gasteiger charge is -2.29. The molecule has 1 aliphatic rings. The van der Waals surface area contributed by atoms with Crippen molar-refractivity contribution in [1.29, 1.82) is 5.41 Å². The van der Waals surface area contributed by atoms with Crippen LogP contribution in [0.4, 0.5) is 10.2 Å². The topological polar surface area (TPSA) is 91.8 Å². The molecule has 1 atom stereocenters. The van der Waals surface area contributed by atoms with E-state index in [0.717, 1.165) is 34.1 Å². The Hall–Kier alpha value is -2.87. The molecule has 3 N–H and O–H groups in total. The van der Waals surface area contributed by atoms with Crippen molar-refractivity contribution in [2.75, 3.05) is 18.0 Å². The SMILES string of the molecule is N=CC(=CN)c1ccc2sc(-c3ccc(N4CCCC(F)C4)nc3)nc2n1. The summed E-state index contributed by atoms with van der Waals surface area (Å²) >= 11 is 1.53. The van der Waals surface area contributed by atoms with E-state index in [-0.39, 0.29) is 0 Å². The Labute approximate surface area is 160 Å². The number of thiazole rings is 1. The Kier molecular flexibility index (Phi) is 4.81. The van der Waals surface area contributed by atoms with Crippen LogP contribution in [-0.2, 0) is 0 Å². The van der Waals surface area contributed by atoms with Gasteiger partial charge in [0.05, 0.1) is 16.9 Å². The average molecular weight is 382 g/mol. The van der Waals surface area contributed by atoms with Crippen LogP contribution in [0, 0.1) is 5.41 Å². The number of nitrogens with two attached hydrogens (primary N) is 1. The highest BCUT2D eigenvalue weighted by Crippen LogP contribution is 2.30. The highest BCUT2D eigenvalue weighted by molar-refractivity contribution is 7.21. The lowest BCUT2D eigenvalue weighted by atomic mass is 10.1. The molecule has 8 heteroatoms. The maximum absolute atomic E-state index is 13.6. The molecule has 27 heavy (non-hydrogen) atoms. The second-order valence-electron chi connectivity index (χ2n) is 6.39. The van der Waals surface area contributed by atoms with Crippen molar-refractivity contribution in [1.82, 2.24) is 15.0 Å². The van der Waals surface area contributed by atoms with Crippen molar-refractivity contribution in [2.45, 2.75) is 19.0 Å². The third-order valence-electron chi connectivity index (χ3n) is 4.57. The van der Waals surface area contributed by atoms with E-state index in [2.05, 4.69) is 15.0 Å². The second kappa shape index (κ2) is 7.40. The molecule has 1 fully saturated rings. The van der Waals surface area contributed by atoms with Gasteiger partial charge in [-0.1, -0.05) is 0 Å². The van der Waals surface area contributed by atoms with E-state index in [4.69, 9.17) is 11.1 Å². The first kappa shape index (κ1) is 17.5. The molecule has 0 aromatic carbocycles. The summed E-state index contributed by atoms with van der Waals surface area (Å²) in [4.78, 5) is 15.6. The number of hydrogen-bond donors (Lipinski definition) is 2. The smallest absolute Gasteiger partial charge is 0.171 e. The summed E-state index contributed by atoms with van der Waals surface area (Å²) in [5.74, 6) is 0.798. The van der Waals surface area contributed by atoms with E-state index in [9.17, 15) is 4.39 Å². The minimum Gasteiger partial charge on any atom is -0.404 e. The number of rotatable bonds is 4. The van der Waals surface area contributed by atoms with Crippen molar-refractivity contribution >= 4 is 39.3 Å². The van der Waals surface area contributed by atoms with Crippen molar-refractivity contribution in [3.63, 3.8) is 0 Å². The van der Waals surface area contributed by atoms with Gasteiger partial charge in [0.1, 0.15) is 17.0 Å². The number of hydrogen-bond acceptors (Lipinski definition) is 7. The Morgan fingerprint density at radius 2 is 2.19 bits per heavy atom. The first-order valence-corrected chi connectivity index (χ1v) is 9.55. The molecule has 1 aliphatic heterocycles. The molecule has 1 saturated heterocycles. The lowest BCUT2D eigenvalue weighted by molar-refractivity contribution is 0.286. The summed E-state index contributed by atoms with van der Waals surface area (Å²) < 4.78 is 14.6. The van der Waals surface area contributed by atoms with Gasteiger partial charge in [-0.3, -0.25) is 0 Å². The molecule has 1 unspecified atom stereocenters. The van der Waals surface area contributed by atoms with Gasteiger partial charge in [-0.25, -0.2) is 19.3 Å². The monoisotopic (exact) mass is 382 g/mol. The minimum absolute atomic E-state index is 0.407. The largest absolute Gasteiger partial charge is 0.404 e. The highest BCUT2D eigenvalue weighted by atomic mass is 32.1. The fraction of sp³-hybridized carbons (Fsp3) is 0.263. The van der Waals surface area contributed by atoms with Gasteiger partial charge in [0, 0.05) is 36.3 Å². The van der Waals surface area contributed by atoms with Crippen molar-refractivity contribution in [2.24, 2.45) is 5.73 Å². The van der Waals surface area contributed by atoms with Gasteiger partial charge in [0.25, 0.3) is 0 Å². The van der Waals surface area contributed by atoms with Crippen LogP contribution >= 0.6 is 11.3 Å². The minimum atomic E-state index is -0.779. The predicted octanol–water partition coefficient (Wildman–Crippen LogP) is 3.64. The molecular formula is C19H19FN6S. The lowest BCUT2D eigenvalue weighted by Crippen LogP contribution is -2.36. The summed E-state index contributed by atoms with van der Waals surface area (Å²) in [6.07, 6.45) is 5.02. The summed E-state index contributed by atoms with van der Waals surface area (Å²) in [6.45, 7) is 1.24. The number of halogens is 1. The molecule has 0 aliphatic carbocycles. The number of allylic oxidation sites excluding steroid dienone is 1. The Morgan fingerprint density at radius 3 is 2.89 bits per heavy atom. The van der Waals surface area contributed by atoms with Gasteiger partial charge in [0.15, 0.2) is 5.65 Å². The van der Waals surface area contributed by atoms with Crippen LogP contribution in [0.1, 0.15) is 18.5 Å². The van der Waals surface area contributed by atoms with E-state index in [1.165, 1.54) is 23.8 Å². The average Bonchev–Trinajstić information content (AvgIpc) is 3.13. The van der Waals surface area contributed by atoms with Crippen LogP contribution < -0.4 is 10.6 Å². The number of aromatic nitrogens is 3. The van der Waals surface area contributed by atoms with Gasteiger partial charge < -0.3 is 16.0 Å². The highest BCUT2D eigenvalue weighted by Gasteiger charge is 2.20. The van der Waals surface area contributed by atoms with E-state index in [0.29, 0.717) is 29.9 Å². The normalized spacial score (nSPS) is 18.0. The van der Waals surface area contributed by atoms with Crippen LogP contribution in [0.2, 0.25) is 0 Å². The molecule has 0 radical (unpaired) electrons. The second-order valence-corrected chi connectivity index (χ2v) is 7.42. The van der Waals surface area contributed by atoms with Gasteiger partial charge in [-0.05, 0) is 37.1 Å². The Balaban J connectivity index is 1.61. The number of piperidine rings is 1. The van der Waals surface area contributed by atoms with Crippen LogP contribution in [0.5, 0.6) is 0 Å². The summed E-state index contributed by atoms with van der Waals surface area (Å²) in [7, 11) is 0. The third-order valence-corrected chi connectivity index (χ3v) is 5.63. The van der Waals surface area contributed by atoms with Gasteiger partial charge >= 0.3 is 0 Å². The molecule has 4 heterocycles. The number of fused-ring (bicyclic) bond motifs is 1.